The normalized spacial score (nSPS) is 11.0. The Morgan fingerprint density at radius 1 is 0.815 bits per heavy atom. The number of phenols is 1. The number of phenolic OH excluding ortho intramolecular Hbond substituents is 1. The van der Waals surface area contributed by atoms with Crippen LogP contribution in [0.4, 0.5) is 4.79 Å². The van der Waals surface area contributed by atoms with Crippen LogP contribution in [0.3, 0.4) is 0 Å². The average Bonchev–Trinajstić information content (AvgIpc) is 2.63. The van der Waals surface area contributed by atoms with E-state index in [1.54, 1.807) is 0 Å². The predicted octanol–water partition coefficient (Wildman–Crippen LogP) is 7.25. The molecule has 2 N–H and O–H groups in total. The van der Waals surface area contributed by atoms with Crippen molar-refractivity contribution in [1.29, 1.82) is 0 Å². The number of ether oxygens (including phenoxy) is 1. The molecule has 1 aromatic carbocycles. The topological polar surface area (TPSA) is 66.8 Å². The van der Waals surface area contributed by atoms with Gasteiger partial charge in [-0.1, -0.05) is 59.3 Å². The molecule has 0 bridgehead atoms. The fourth-order valence-electron chi connectivity index (χ4n) is 3.50. The second kappa shape index (κ2) is 13.2. The average molecular weight is 490 g/mol. The smallest absolute Gasteiger partial charge is 0.504 e. The summed E-state index contributed by atoms with van der Waals surface area (Å²) in [5.41, 5.74) is 3.32. The lowest BCUT2D eigenvalue weighted by Crippen LogP contribution is -2.11. The minimum Gasteiger partial charge on any atom is -0.504 e. The zero-order valence-electron chi connectivity index (χ0n) is 17.1. The number of rotatable bonds is 13. The van der Waals surface area contributed by atoms with Crippen LogP contribution in [-0.2, 0) is 19.3 Å². The summed E-state index contributed by atoms with van der Waals surface area (Å²) >= 11 is 2.15. The molecule has 0 aliphatic rings. The second-order valence-corrected chi connectivity index (χ2v) is 8.25. The van der Waals surface area contributed by atoms with Crippen molar-refractivity contribution in [2.45, 2.75) is 97.8 Å². The number of benzene rings is 1. The molecule has 0 aliphatic carbocycles. The first-order valence-electron chi connectivity index (χ1n) is 10.4. The van der Waals surface area contributed by atoms with Crippen molar-refractivity contribution >= 4 is 28.7 Å². The molecule has 0 amide bonds. The highest BCUT2D eigenvalue weighted by Crippen LogP contribution is 2.42. The van der Waals surface area contributed by atoms with Crippen LogP contribution in [0.5, 0.6) is 11.5 Å². The number of hydrogen-bond acceptors (Lipinski definition) is 3. The first-order chi connectivity index (χ1) is 13.0. The zero-order valence-corrected chi connectivity index (χ0v) is 19.2. The molecule has 0 heterocycles. The maximum absolute atomic E-state index is 11.2. The maximum Gasteiger partial charge on any atom is 0.511 e. The van der Waals surface area contributed by atoms with Crippen LogP contribution in [0.15, 0.2) is 0 Å². The molecule has 0 unspecified atom stereocenters. The van der Waals surface area contributed by atoms with Gasteiger partial charge >= 0.3 is 6.16 Å². The van der Waals surface area contributed by atoms with Crippen molar-refractivity contribution in [2.75, 3.05) is 0 Å². The van der Waals surface area contributed by atoms with Crippen molar-refractivity contribution in [3.63, 3.8) is 0 Å². The molecular formula is C22H35IO4. The molecule has 1 rings (SSSR count). The monoisotopic (exact) mass is 490 g/mol. The van der Waals surface area contributed by atoms with E-state index in [0.717, 1.165) is 86.2 Å². The Balaban J connectivity index is 3.40. The second-order valence-electron chi connectivity index (χ2n) is 7.17. The fourth-order valence-corrected chi connectivity index (χ4v) is 4.46. The summed E-state index contributed by atoms with van der Waals surface area (Å²) < 4.78 is 5.77. The Labute approximate surface area is 177 Å². The highest BCUT2D eigenvalue weighted by molar-refractivity contribution is 14.1. The molecule has 0 aromatic heterocycles. The van der Waals surface area contributed by atoms with Gasteiger partial charge < -0.3 is 14.9 Å². The fraction of sp³-hybridized carbons (Fsp3) is 0.682. The lowest BCUT2D eigenvalue weighted by molar-refractivity contribution is 0.142. The number of carbonyl (C=O) groups is 1. The molecule has 0 saturated carbocycles. The molecule has 0 aliphatic heterocycles. The summed E-state index contributed by atoms with van der Waals surface area (Å²) in [6.07, 6.45) is 11.2. The quantitative estimate of drug-likeness (QED) is 0.132. The largest absolute Gasteiger partial charge is 0.511 e. The van der Waals surface area contributed by atoms with Crippen LogP contribution in [0, 0.1) is 3.57 Å². The highest BCUT2D eigenvalue weighted by atomic mass is 127. The first kappa shape index (κ1) is 24.1. The van der Waals surface area contributed by atoms with Crippen LogP contribution in [-0.4, -0.2) is 16.4 Å². The summed E-state index contributed by atoms with van der Waals surface area (Å²) in [6.45, 7) is 6.53. The minimum atomic E-state index is -1.37. The summed E-state index contributed by atoms with van der Waals surface area (Å²) in [7, 11) is 0. The molecule has 154 valence electrons. The Hall–Kier alpha value is -0.980. The van der Waals surface area contributed by atoms with E-state index in [9.17, 15) is 9.90 Å². The van der Waals surface area contributed by atoms with Gasteiger partial charge in [0.1, 0.15) is 0 Å². The molecule has 0 radical (unpaired) electrons. The molecule has 0 fully saturated rings. The Kier molecular flexibility index (Phi) is 11.8. The Morgan fingerprint density at radius 2 is 1.26 bits per heavy atom. The summed E-state index contributed by atoms with van der Waals surface area (Å²) in [5, 5.41) is 20.0. The maximum atomic E-state index is 11.2. The van der Waals surface area contributed by atoms with Crippen LogP contribution >= 0.6 is 22.6 Å². The molecule has 0 atom stereocenters. The van der Waals surface area contributed by atoms with E-state index in [0.29, 0.717) is 0 Å². The van der Waals surface area contributed by atoms with Gasteiger partial charge in [0.15, 0.2) is 11.5 Å². The summed E-state index contributed by atoms with van der Waals surface area (Å²) in [4.78, 5) is 11.2. The van der Waals surface area contributed by atoms with Gasteiger partial charge in [-0.05, 0) is 72.2 Å². The van der Waals surface area contributed by atoms with Gasteiger partial charge in [-0.15, -0.1) is 0 Å². The number of unbranched alkanes of at least 4 members (excludes halogenated alkanes) is 6. The van der Waals surface area contributed by atoms with Crippen molar-refractivity contribution in [2.24, 2.45) is 0 Å². The lowest BCUT2D eigenvalue weighted by atomic mass is 9.89. The van der Waals surface area contributed by atoms with E-state index in [-0.39, 0.29) is 11.5 Å². The summed E-state index contributed by atoms with van der Waals surface area (Å²) in [6, 6.07) is 0. The minimum absolute atomic E-state index is 0.0312. The van der Waals surface area contributed by atoms with E-state index >= 15 is 0 Å². The number of aromatic hydroxyl groups is 1. The molecule has 4 nitrogen and oxygen atoms in total. The van der Waals surface area contributed by atoms with Gasteiger partial charge in [0.05, 0.1) is 3.57 Å². The third-order valence-corrected chi connectivity index (χ3v) is 6.12. The molecular weight excluding hydrogens is 455 g/mol. The predicted molar refractivity (Wildman–Crippen MR) is 119 cm³/mol. The van der Waals surface area contributed by atoms with Gasteiger partial charge in [-0.3, -0.25) is 0 Å². The third kappa shape index (κ3) is 7.51. The van der Waals surface area contributed by atoms with Gasteiger partial charge in [-0.2, -0.15) is 0 Å². The van der Waals surface area contributed by atoms with E-state index in [1.165, 1.54) is 11.1 Å². The zero-order chi connectivity index (χ0) is 20.2. The van der Waals surface area contributed by atoms with Gasteiger partial charge in [-0.25, -0.2) is 4.79 Å². The van der Waals surface area contributed by atoms with Crippen LogP contribution < -0.4 is 4.74 Å². The Bertz CT molecular complexity index is 561. The standard InChI is InChI=1S/C22H35IO4/c1-4-7-10-13-16-17(14-11-8-5-2)19(23)21(27-22(25)26)20(24)18(16)15-12-9-6-3/h24H,4-15H2,1-3H3,(H,25,26). The van der Waals surface area contributed by atoms with Gasteiger partial charge in [0.2, 0.25) is 0 Å². The molecule has 0 saturated heterocycles. The molecule has 0 spiro atoms. The number of halogens is 1. The third-order valence-electron chi connectivity index (χ3n) is 4.97. The Morgan fingerprint density at radius 3 is 1.70 bits per heavy atom. The van der Waals surface area contributed by atoms with Crippen molar-refractivity contribution in [3.05, 3.63) is 20.3 Å². The van der Waals surface area contributed by atoms with E-state index in [1.807, 2.05) is 0 Å². The van der Waals surface area contributed by atoms with E-state index < -0.39 is 6.16 Å². The van der Waals surface area contributed by atoms with Crippen LogP contribution in [0.2, 0.25) is 0 Å². The lowest BCUT2D eigenvalue weighted by Gasteiger charge is -2.21. The SMILES string of the molecule is CCCCCc1c(O)c(OC(=O)O)c(I)c(CCCCC)c1CCCCC. The summed E-state index contributed by atoms with van der Waals surface area (Å²) in [5.74, 6) is 0.156. The van der Waals surface area contributed by atoms with Crippen LogP contribution in [0.25, 0.3) is 0 Å². The van der Waals surface area contributed by atoms with Crippen LogP contribution in [0.1, 0.15) is 95.2 Å². The van der Waals surface area contributed by atoms with Crippen molar-refractivity contribution in [1.82, 2.24) is 0 Å². The van der Waals surface area contributed by atoms with Gasteiger partial charge in [0.25, 0.3) is 0 Å². The van der Waals surface area contributed by atoms with Crippen molar-refractivity contribution < 1.29 is 19.7 Å². The first-order valence-corrected chi connectivity index (χ1v) is 11.5. The highest BCUT2D eigenvalue weighted by Gasteiger charge is 2.24. The van der Waals surface area contributed by atoms with Crippen molar-refractivity contribution in [3.8, 4) is 11.5 Å². The number of hydrogen-bond donors (Lipinski definition) is 2. The number of carboxylic acid groups (broad SMARTS) is 1. The van der Waals surface area contributed by atoms with Gasteiger partial charge in [0, 0.05) is 5.56 Å². The van der Waals surface area contributed by atoms with E-state index in [2.05, 4.69) is 43.4 Å². The molecule has 1 aromatic rings. The molecule has 27 heavy (non-hydrogen) atoms. The molecule has 5 heteroatoms. The van der Waals surface area contributed by atoms with E-state index in [4.69, 9.17) is 9.84 Å².